The molecule has 1 aromatic carbocycles. The molecule has 0 bridgehead atoms. The quantitative estimate of drug-likeness (QED) is 0.822. The van der Waals surface area contributed by atoms with E-state index in [4.69, 9.17) is 5.73 Å². The molecule has 0 amide bonds. The van der Waals surface area contributed by atoms with Gasteiger partial charge in [-0.25, -0.2) is 0 Å². The van der Waals surface area contributed by atoms with Crippen LogP contribution in [0.3, 0.4) is 0 Å². The van der Waals surface area contributed by atoms with Crippen LogP contribution in [0, 0.1) is 5.92 Å². The van der Waals surface area contributed by atoms with E-state index in [1.165, 1.54) is 44.1 Å². The topological polar surface area (TPSA) is 26.0 Å². The van der Waals surface area contributed by atoms with Gasteiger partial charge in [0.2, 0.25) is 0 Å². The van der Waals surface area contributed by atoms with Gasteiger partial charge >= 0.3 is 0 Å². The highest BCUT2D eigenvalue weighted by molar-refractivity contribution is 5.15. The molecule has 1 saturated carbocycles. The van der Waals surface area contributed by atoms with Gasteiger partial charge < -0.3 is 5.73 Å². The summed E-state index contributed by atoms with van der Waals surface area (Å²) in [7, 11) is 0. The molecule has 0 radical (unpaired) electrons. The summed E-state index contributed by atoms with van der Waals surface area (Å²) in [5, 5.41) is 0. The summed E-state index contributed by atoms with van der Waals surface area (Å²) in [6, 6.07) is 10.8. The van der Waals surface area contributed by atoms with Gasteiger partial charge in [0.1, 0.15) is 0 Å². The predicted molar refractivity (Wildman–Crippen MR) is 78.5 cm³/mol. The average Bonchev–Trinajstić information content (AvgIpc) is 2.41. The summed E-state index contributed by atoms with van der Waals surface area (Å²) < 4.78 is 0. The SMILES string of the molecule is CCCC1CCC(N)(CCc2ccccc2)CC1. The first-order valence-corrected chi connectivity index (χ1v) is 7.55. The number of rotatable bonds is 5. The third kappa shape index (κ3) is 3.84. The summed E-state index contributed by atoms with van der Waals surface area (Å²) in [6.45, 7) is 2.29. The minimum absolute atomic E-state index is 0.111. The van der Waals surface area contributed by atoms with Gasteiger partial charge in [0.15, 0.2) is 0 Å². The number of hydrogen-bond donors (Lipinski definition) is 1. The first-order valence-electron chi connectivity index (χ1n) is 7.55. The van der Waals surface area contributed by atoms with Crippen LogP contribution in [0.5, 0.6) is 0 Å². The highest BCUT2D eigenvalue weighted by Gasteiger charge is 2.30. The summed E-state index contributed by atoms with van der Waals surface area (Å²) >= 11 is 0. The molecule has 1 heteroatoms. The molecule has 1 nitrogen and oxygen atoms in total. The lowest BCUT2D eigenvalue weighted by atomic mass is 9.73. The van der Waals surface area contributed by atoms with Crippen molar-refractivity contribution in [1.82, 2.24) is 0 Å². The first-order chi connectivity index (χ1) is 8.72. The summed E-state index contributed by atoms with van der Waals surface area (Å²) in [5.41, 5.74) is 8.11. The molecule has 0 atom stereocenters. The minimum Gasteiger partial charge on any atom is -0.325 e. The van der Waals surface area contributed by atoms with Gasteiger partial charge in [-0.1, -0.05) is 50.1 Å². The van der Waals surface area contributed by atoms with E-state index < -0.39 is 0 Å². The molecule has 2 N–H and O–H groups in total. The summed E-state index contributed by atoms with van der Waals surface area (Å²) in [4.78, 5) is 0. The lowest BCUT2D eigenvalue weighted by molar-refractivity contribution is 0.213. The van der Waals surface area contributed by atoms with Crippen molar-refractivity contribution in [2.45, 2.75) is 63.8 Å². The normalized spacial score (nSPS) is 28.2. The van der Waals surface area contributed by atoms with Crippen LogP contribution in [0.1, 0.15) is 57.4 Å². The molecule has 0 aliphatic heterocycles. The number of nitrogens with two attached hydrogens (primary N) is 1. The van der Waals surface area contributed by atoms with E-state index in [-0.39, 0.29) is 5.54 Å². The number of hydrogen-bond acceptors (Lipinski definition) is 1. The molecule has 100 valence electrons. The third-order valence-electron chi connectivity index (χ3n) is 4.55. The zero-order chi connectivity index (χ0) is 12.8. The Balaban J connectivity index is 1.79. The van der Waals surface area contributed by atoms with Crippen LogP contribution in [-0.4, -0.2) is 5.54 Å². The fourth-order valence-corrected chi connectivity index (χ4v) is 3.24. The van der Waals surface area contributed by atoms with Crippen molar-refractivity contribution in [3.8, 4) is 0 Å². The van der Waals surface area contributed by atoms with Gasteiger partial charge in [0.25, 0.3) is 0 Å². The average molecular weight is 245 g/mol. The van der Waals surface area contributed by atoms with Crippen molar-refractivity contribution < 1.29 is 0 Å². The van der Waals surface area contributed by atoms with Crippen molar-refractivity contribution in [2.75, 3.05) is 0 Å². The number of benzene rings is 1. The third-order valence-corrected chi connectivity index (χ3v) is 4.55. The van der Waals surface area contributed by atoms with Crippen LogP contribution in [-0.2, 0) is 6.42 Å². The van der Waals surface area contributed by atoms with E-state index >= 15 is 0 Å². The van der Waals surface area contributed by atoms with Gasteiger partial charge in [0, 0.05) is 5.54 Å². The first kappa shape index (κ1) is 13.6. The second-order valence-corrected chi connectivity index (χ2v) is 6.08. The summed E-state index contributed by atoms with van der Waals surface area (Å²) in [5.74, 6) is 0.948. The van der Waals surface area contributed by atoms with E-state index in [1.807, 2.05) is 0 Å². The molecule has 0 spiro atoms. The van der Waals surface area contributed by atoms with Crippen LogP contribution in [0.2, 0.25) is 0 Å². The maximum atomic E-state index is 6.57. The number of aryl methyl sites for hydroxylation is 1. The van der Waals surface area contributed by atoms with Crippen LogP contribution >= 0.6 is 0 Å². The van der Waals surface area contributed by atoms with Crippen LogP contribution in [0.4, 0.5) is 0 Å². The predicted octanol–water partition coefficient (Wildman–Crippen LogP) is 4.31. The Morgan fingerprint density at radius 1 is 1.17 bits per heavy atom. The van der Waals surface area contributed by atoms with Gasteiger partial charge in [-0.05, 0) is 50.0 Å². The van der Waals surface area contributed by atoms with Crippen molar-refractivity contribution in [2.24, 2.45) is 11.7 Å². The molecular formula is C17H27N. The molecule has 0 heterocycles. The van der Waals surface area contributed by atoms with E-state index in [0.717, 1.165) is 18.8 Å². The molecule has 1 aromatic rings. The highest BCUT2D eigenvalue weighted by atomic mass is 14.7. The second kappa shape index (κ2) is 6.38. The Kier molecular flexibility index (Phi) is 4.82. The molecule has 0 unspecified atom stereocenters. The van der Waals surface area contributed by atoms with E-state index in [2.05, 4.69) is 37.3 Å². The molecule has 2 rings (SSSR count). The Morgan fingerprint density at radius 2 is 1.83 bits per heavy atom. The molecule has 1 fully saturated rings. The lowest BCUT2D eigenvalue weighted by Gasteiger charge is -2.37. The van der Waals surface area contributed by atoms with Crippen LogP contribution in [0.15, 0.2) is 30.3 Å². The molecular weight excluding hydrogens is 218 g/mol. The van der Waals surface area contributed by atoms with Crippen molar-refractivity contribution in [1.29, 1.82) is 0 Å². The fraction of sp³-hybridized carbons (Fsp3) is 0.647. The van der Waals surface area contributed by atoms with E-state index in [1.54, 1.807) is 0 Å². The summed E-state index contributed by atoms with van der Waals surface area (Å²) in [6.07, 6.45) is 10.2. The fourth-order valence-electron chi connectivity index (χ4n) is 3.24. The second-order valence-electron chi connectivity index (χ2n) is 6.08. The van der Waals surface area contributed by atoms with Crippen molar-refractivity contribution in [3.63, 3.8) is 0 Å². The van der Waals surface area contributed by atoms with Gasteiger partial charge in [-0.15, -0.1) is 0 Å². The Labute approximate surface area is 112 Å². The van der Waals surface area contributed by atoms with Crippen molar-refractivity contribution >= 4 is 0 Å². The Bertz CT molecular complexity index is 336. The molecule has 0 saturated heterocycles. The Morgan fingerprint density at radius 3 is 2.44 bits per heavy atom. The van der Waals surface area contributed by atoms with Gasteiger partial charge in [-0.3, -0.25) is 0 Å². The van der Waals surface area contributed by atoms with Crippen LogP contribution in [0.25, 0.3) is 0 Å². The zero-order valence-corrected chi connectivity index (χ0v) is 11.7. The van der Waals surface area contributed by atoms with Crippen molar-refractivity contribution in [3.05, 3.63) is 35.9 Å². The zero-order valence-electron chi connectivity index (χ0n) is 11.7. The molecule has 18 heavy (non-hydrogen) atoms. The molecule has 1 aliphatic rings. The maximum Gasteiger partial charge on any atom is 0.0157 e. The van der Waals surface area contributed by atoms with E-state index in [9.17, 15) is 0 Å². The smallest absolute Gasteiger partial charge is 0.0157 e. The van der Waals surface area contributed by atoms with Gasteiger partial charge in [0.05, 0.1) is 0 Å². The van der Waals surface area contributed by atoms with Crippen LogP contribution < -0.4 is 5.73 Å². The standard InChI is InChI=1S/C17H27N/c1-2-6-15-9-12-17(18,13-10-15)14-11-16-7-4-3-5-8-16/h3-5,7-8,15H,2,6,9-14,18H2,1H3. The molecule has 1 aliphatic carbocycles. The van der Waals surface area contributed by atoms with Gasteiger partial charge in [-0.2, -0.15) is 0 Å². The largest absolute Gasteiger partial charge is 0.325 e. The maximum absolute atomic E-state index is 6.57. The minimum atomic E-state index is 0.111. The van der Waals surface area contributed by atoms with E-state index in [0.29, 0.717) is 0 Å². The lowest BCUT2D eigenvalue weighted by Crippen LogP contribution is -2.43. The monoisotopic (exact) mass is 245 g/mol. The highest BCUT2D eigenvalue weighted by Crippen LogP contribution is 2.35. The molecule has 0 aromatic heterocycles. The Hall–Kier alpha value is -0.820.